The normalized spacial score (nSPS) is 11.1. The average molecular weight is 246 g/mol. The van der Waals surface area contributed by atoms with Crippen LogP contribution in [0.3, 0.4) is 0 Å². The molecule has 2 N–H and O–H groups in total. The van der Waals surface area contributed by atoms with E-state index in [0.717, 1.165) is 16.5 Å². The molecule has 0 amide bonds. The van der Waals surface area contributed by atoms with Crippen LogP contribution in [-0.2, 0) is 0 Å². The van der Waals surface area contributed by atoms with Crippen LogP contribution in [0.15, 0.2) is 47.6 Å². The molecule has 0 fully saturated rings. The molecule has 0 saturated heterocycles. The Labute approximate surface area is 105 Å². The van der Waals surface area contributed by atoms with Crippen LogP contribution in [0.5, 0.6) is 0 Å². The van der Waals surface area contributed by atoms with E-state index in [9.17, 15) is 0 Å². The molecule has 4 nitrogen and oxygen atoms in total. The van der Waals surface area contributed by atoms with Gasteiger partial charge in [0.15, 0.2) is 5.82 Å². The predicted octanol–water partition coefficient (Wildman–Crippen LogP) is 2.33. The lowest BCUT2D eigenvalue weighted by Crippen LogP contribution is -2.11. The highest BCUT2D eigenvalue weighted by molar-refractivity contribution is 7.99. The van der Waals surface area contributed by atoms with E-state index >= 15 is 0 Å². The van der Waals surface area contributed by atoms with Gasteiger partial charge < -0.3 is 5.84 Å². The van der Waals surface area contributed by atoms with Gasteiger partial charge in [0.25, 0.3) is 0 Å². The second-order valence-electron chi connectivity index (χ2n) is 3.42. The second kappa shape index (κ2) is 5.54. The van der Waals surface area contributed by atoms with Crippen molar-refractivity contribution in [3.63, 3.8) is 0 Å². The molecule has 1 heterocycles. The molecule has 1 aromatic heterocycles. The Balaban J connectivity index is 2.21. The number of rotatable bonds is 4. The fourth-order valence-corrected chi connectivity index (χ4v) is 2.14. The Morgan fingerprint density at radius 3 is 2.76 bits per heavy atom. The van der Waals surface area contributed by atoms with Crippen molar-refractivity contribution in [1.29, 1.82) is 0 Å². The van der Waals surface area contributed by atoms with E-state index in [2.05, 4.69) is 16.3 Å². The summed E-state index contributed by atoms with van der Waals surface area (Å²) < 4.78 is 1.53. The minimum atomic E-state index is 0.688. The molecule has 1 aromatic carbocycles. The number of hydrogen-bond acceptors (Lipinski definition) is 4. The highest BCUT2D eigenvalue weighted by atomic mass is 32.2. The van der Waals surface area contributed by atoms with Crippen molar-refractivity contribution in [1.82, 2.24) is 14.9 Å². The topological polar surface area (TPSA) is 56.7 Å². The number of hydrogen-bond donors (Lipinski definition) is 1. The number of nitrogens with two attached hydrogens (primary N) is 1. The van der Waals surface area contributed by atoms with Gasteiger partial charge in [0.1, 0.15) is 0 Å². The Morgan fingerprint density at radius 2 is 2.06 bits per heavy atom. The quantitative estimate of drug-likeness (QED) is 0.511. The Kier molecular flexibility index (Phi) is 3.82. The average Bonchev–Trinajstić information content (AvgIpc) is 2.73. The Hall–Kier alpha value is -1.75. The highest BCUT2D eigenvalue weighted by Crippen LogP contribution is 2.20. The summed E-state index contributed by atoms with van der Waals surface area (Å²) in [7, 11) is 0. The van der Waals surface area contributed by atoms with Gasteiger partial charge in [0.2, 0.25) is 5.16 Å². The van der Waals surface area contributed by atoms with Crippen LogP contribution >= 0.6 is 11.8 Å². The Bertz CT molecular complexity index is 504. The molecule has 5 heteroatoms. The zero-order valence-corrected chi connectivity index (χ0v) is 10.4. The Morgan fingerprint density at radius 1 is 1.29 bits per heavy atom. The van der Waals surface area contributed by atoms with Crippen LogP contribution in [0.25, 0.3) is 11.4 Å². The standard InChI is InChI=1S/C12H14N4S/c1-2-3-9-17-12-15-14-11(16(12)13)10-7-5-4-6-8-10/h2-8H,9,13H2,1H3/b3-2+. The number of aromatic nitrogens is 3. The van der Waals surface area contributed by atoms with Gasteiger partial charge in [-0.15, -0.1) is 10.2 Å². The second-order valence-corrected chi connectivity index (χ2v) is 4.41. The molecule has 2 aromatic rings. The van der Waals surface area contributed by atoms with Gasteiger partial charge in [0.05, 0.1) is 0 Å². The van der Waals surface area contributed by atoms with Crippen LogP contribution in [0, 0.1) is 0 Å². The summed E-state index contributed by atoms with van der Waals surface area (Å²) in [6.07, 6.45) is 4.06. The number of thioether (sulfide) groups is 1. The minimum Gasteiger partial charge on any atom is -0.335 e. The number of nitrogens with zero attached hydrogens (tertiary/aromatic N) is 3. The lowest BCUT2D eigenvalue weighted by Gasteiger charge is -2.02. The van der Waals surface area contributed by atoms with Gasteiger partial charge in [-0.05, 0) is 6.92 Å². The van der Waals surface area contributed by atoms with Crippen molar-refractivity contribution < 1.29 is 0 Å². The smallest absolute Gasteiger partial charge is 0.210 e. The van der Waals surface area contributed by atoms with Gasteiger partial charge in [-0.2, -0.15) is 0 Å². The van der Waals surface area contributed by atoms with Crippen molar-refractivity contribution >= 4 is 11.8 Å². The summed E-state index contributed by atoms with van der Waals surface area (Å²) in [5.41, 5.74) is 0.973. The first-order chi connectivity index (χ1) is 8.33. The fraction of sp³-hybridized carbons (Fsp3) is 0.167. The van der Waals surface area contributed by atoms with Gasteiger partial charge in [-0.25, -0.2) is 4.68 Å². The minimum absolute atomic E-state index is 0.688. The van der Waals surface area contributed by atoms with E-state index in [0.29, 0.717) is 5.82 Å². The molecule has 0 spiro atoms. The lowest BCUT2D eigenvalue weighted by molar-refractivity contribution is 0.851. The molecule has 17 heavy (non-hydrogen) atoms. The van der Waals surface area contributed by atoms with Crippen LogP contribution in [0.2, 0.25) is 0 Å². The number of allylic oxidation sites excluding steroid dienone is 1. The maximum absolute atomic E-state index is 5.96. The molecule has 0 aliphatic heterocycles. The first kappa shape index (κ1) is 11.7. The molecule has 0 aliphatic rings. The molecule has 0 radical (unpaired) electrons. The predicted molar refractivity (Wildman–Crippen MR) is 71.1 cm³/mol. The zero-order valence-electron chi connectivity index (χ0n) is 9.58. The third-order valence-electron chi connectivity index (χ3n) is 2.24. The number of benzene rings is 1. The zero-order chi connectivity index (χ0) is 12.1. The largest absolute Gasteiger partial charge is 0.335 e. The maximum Gasteiger partial charge on any atom is 0.210 e. The molecule has 0 unspecified atom stereocenters. The monoisotopic (exact) mass is 246 g/mol. The first-order valence-electron chi connectivity index (χ1n) is 5.33. The molecule has 2 rings (SSSR count). The van der Waals surface area contributed by atoms with Crippen molar-refractivity contribution in [2.45, 2.75) is 12.1 Å². The van der Waals surface area contributed by atoms with Crippen LogP contribution in [0.4, 0.5) is 0 Å². The molecule has 0 atom stereocenters. The number of nitrogen functional groups attached to an aromatic ring is 1. The molecule has 88 valence electrons. The maximum atomic E-state index is 5.96. The van der Waals surface area contributed by atoms with Gasteiger partial charge in [0, 0.05) is 11.3 Å². The van der Waals surface area contributed by atoms with E-state index in [1.54, 1.807) is 11.8 Å². The third-order valence-corrected chi connectivity index (χ3v) is 3.14. The SMILES string of the molecule is C/C=C/CSc1nnc(-c2ccccc2)n1N. The summed E-state index contributed by atoms with van der Waals surface area (Å²) in [6, 6.07) is 9.80. The van der Waals surface area contributed by atoms with Gasteiger partial charge in [-0.3, -0.25) is 0 Å². The molecule has 0 bridgehead atoms. The van der Waals surface area contributed by atoms with Gasteiger partial charge >= 0.3 is 0 Å². The molecule has 0 saturated carbocycles. The van der Waals surface area contributed by atoms with Crippen LogP contribution in [-0.4, -0.2) is 20.6 Å². The summed E-state index contributed by atoms with van der Waals surface area (Å²) in [5.74, 6) is 7.50. The van der Waals surface area contributed by atoms with Crippen LogP contribution in [0.1, 0.15) is 6.92 Å². The van der Waals surface area contributed by atoms with Crippen molar-refractivity contribution in [3.8, 4) is 11.4 Å². The van der Waals surface area contributed by atoms with Crippen molar-refractivity contribution in [2.24, 2.45) is 0 Å². The summed E-state index contributed by atoms with van der Waals surface area (Å²) in [4.78, 5) is 0. The summed E-state index contributed by atoms with van der Waals surface area (Å²) >= 11 is 1.56. The summed E-state index contributed by atoms with van der Waals surface area (Å²) in [5, 5.41) is 8.91. The van der Waals surface area contributed by atoms with E-state index in [1.165, 1.54) is 4.68 Å². The van der Waals surface area contributed by atoms with Crippen molar-refractivity contribution in [3.05, 3.63) is 42.5 Å². The fourth-order valence-electron chi connectivity index (χ4n) is 1.38. The van der Waals surface area contributed by atoms with Crippen LogP contribution < -0.4 is 5.84 Å². The first-order valence-corrected chi connectivity index (χ1v) is 6.31. The van der Waals surface area contributed by atoms with Crippen molar-refractivity contribution in [2.75, 3.05) is 11.6 Å². The third kappa shape index (κ3) is 2.68. The van der Waals surface area contributed by atoms with E-state index < -0.39 is 0 Å². The van der Waals surface area contributed by atoms with E-state index in [-0.39, 0.29) is 0 Å². The molecular formula is C12H14N4S. The lowest BCUT2D eigenvalue weighted by atomic mass is 10.2. The summed E-state index contributed by atoms with van der Waals surface area (Å²) in [6.45, 7) is 1.99. The van der Waals surface area contributed by atoms with Gasteiger partial charge in [-0.1, -0.05) is 54.2 Å². The van der Waals surface area contributed by atoms with E-state index in [1.807, 2.05) is 43.3 Å². The molecular weight excluding hydrogens is 232 g/mol. The highest BCUT2D eigenvalue weighted by Gasteiger charge is 2.10. The van der Waals surface area contributed by atoms with E-state index in [4.69, 9.17) is 5.84 Å². The molecule has 0 aliphatic carbocycles.